The Bertz CT molecular complexity index is 1220. The van der Waals surface area contributed by atoms with E-state index in [1.807, 2.05) is 53.4 Å². The second-order valence-corrected chi connectivity index (χ2v) is 9.82. The number of hydrogen-bond acceptors (Lipinski definition) is 6. The van der Waals surface area contributed by atoms with E-state index in [9.17, 15) is 14.4 Å². The van der Waals surface area contributed by atoms with Crippen LogP contribution < -0.4 is 21.0 Å². The zero-order chi connectivity index (χ0) is 27.1. The van der Waals surface area contributed by atoms with E-state index in [4.69, 9.17) is 0 Å². The number of benzene rings is 2. The number of fused-ring (bicyclic) bond motifs is 1. The number of likely N-dealkylation sites (tertiary alicyclic amines) is 1. The molecule has 9 nitrogen and oxygen atoms in total. The Morgan fingerprint density at radius 3 is 2.58 bits per heavy atom. The van der Waals surface area contributed by atoms with E-state index in [0.29, 0.717) is 25.0 Å². The topological polar surface area (TPSA) is 106 Å². The molecule has 2 aliphatic rings. The summed E-state index contributed by atoms with van der Waals surface area (Å²) in [6.45, 7) is 7.49. The summed E-state index contributed by atoms with van der Waals surface area (Å²) in [7, 11) is 1.70. The molecule has 0 aliphatic carbocycles. The summed E-state index contributed by atoms with van der Waals surface area (Å²) in [6.07, 6.45) is 3.80. The highest BCUT2D eigenvalue weighted by molar-refractivity contribution is 6.38. The fraction of sp³-hybridized carbons (Fsp3) is 0.379. The van der Waals surface area contributed by atoms with Gasteiger partial charge in [0.1, 0.15) is 11.8 Å². The Morgan fingerprint density at radius 1 is 1.11 bits per heavy atom. The average molecular weight is 517 g/mol. The average Bonchev–Trinajstić information content (AvgIpc) is 3.44. The van der Waals surface area contributed by atoms with E-state index < -0.39 is 11.9 Å². The third-order valence-corrected chi connectivity index (χ3v) is 6.91. The predicted molar refractivity (Wildman–Crippen MR) is 150 cm³/mol. The lowest BCUT2D eigenvalue weighted by atomic mass is 10.1. The van der Waals surface area contributed by atoms with Crippen LogP contribution in [0.15, 0.2) is 65.9 Å². The molecule has 0 bridgehead atoms. The lowest BCUT2D eigenvalue weighted by Gasteiger charge is -2.22. The molecule has 1 fully saturated rings. The van der Waals surface area contributed by atoms with Crippen LogP contribution in [0.25, 0.3) is 0 Å². The number of aryl methyl sites for hydroxylation is 1. The van der Waals surface area contributed by atoms with Crippen molar-refractivity contribution in [3.8, 4) is 0 Å². The molecule has 2 heterocycles. The maximum atomic E-state index is 13.2. The van der Waals surface area contributed by atoms with Crippen LogP contribution in [0.1, 0.15) is 37.3 Å². The predicted octanol–water partition coefficient (Wildman–Crippen LogP) is 2.84. The highest BCUT2D eigenvalue weighted by Gasteiger charge is 2.30. The number of rotatable bonds is 9. The number of nitrogens with one attached hydrogen (secondary N) is 3. The number of nitrogens with zero attached hydrogens (tertiary/aromatic N) is 3. The summed E-state index contributed by atoms with van der Waals surface area (Å²) >= 11 is 0. The lowest BCUT2D eigenvalue weighted by Crippen LogP contribution is -2.51. The van der Waals surface area contributed by atoms with Gasteiger partial charge in [-0.25, -0.2) is 0 Å². The van der Waals surface area contributed by atoms with Gasteiger partial charge in [-0.1, -0.05) is 43.0 Å². The first-order valence-electron chi connectivity index (χ1n) is 13.1. The molecular formula is C29H36N6O3. The second kappa shape index (κ2) is 12.4. The number of carbonyl (C=O) groups excluding carboxylic acids is 3. The Morgan fingerprint density at radius 2 is 1.84 bits per heavy atom. The van der Waals surface area contributed by atoms with Gasteiger partial charge < -0.3 is 20.4 Å². The van der Waals surface area contributed by atoms with Gasteiger partial charge in [0.2, 0.25) is 5.91 Å². The molecule has 4 rings (SSSR count). The normalized spacial score (nSPS) is 17.4. The van der Waals surface area contributed by atoms with Crippen molar-refractivity contribution < 1.29 is 14.4 Å². The smallest absolute Gasteiger partial charge is 0.267 e. The van der Waals surface area contributed by atoms with E-state index in [1.165, 1.54) is 0 Å². The zero-order valence-corrected chi connectivity index (χ0v) is 22.1. The Balaban J connectivity index is 1.33. The van der Waals surface area contributed by atoms with Crippen molar-refractivity contribution >= 4 is 34.8 Å². The molecule has 1 saturated heterocycles. The molecule has 0 aromatic heterocycles. The van der Waals surface area contributed by atoms with Crippen LogP contribution in [-0.2, 0) is 27.2 Å². The summed E-state index contributed by atoms with van der Waals surface area (Å²) < 4.78 is 0. The lowest BCUT2D eigenvalue weighted by molar-refractivity contribution is -0.130. The van der Waals surface area contributed by atoms with Crippen LogP contribution in [0, 0.1) is 0 Å². The third-order valence-electron chi connectivity index (χ3n) is 6.91. The van der Waals surface area contributed by atoms with Crippen LogP contribution in [-0.4, -0.2) is 61.1 Å². The molecular weight excluding hydrogens is 480 g/mol. The summed E-state index contributed by atoms with van der Waals surface area (Å²) in [6, 6.07) is 14.9. The van der Waals surface area contributed by atoms with Gasteiger partial charge in [0.15, 0.2) is 0 Å². The minimum absolute atomic E-state index is 0.179. The monoisotopic (exact) mass is 516 g/mol. The van der Waals surface area contributed by atoms with Crippen LogP contribution >= 0.6 is 0 Å². The van der Waals surface area contributed by atoms with Crippen molar-refractivity contribution in [2.75, 3.05) is 36.9 Å². The molecule has 0 saturated carbocycles. The van der Waals surface area contributed by atoms with Crippen LogP contribution in [0.2, 0.25) is 0 Å². The molecule has 3 amide bonds. The standard InChI is InChI=1S/C29H36N6O3/c1-20(17-22-9-5-4-6-10-22)32-33-21(2)28(37)31-25-19-30-24-13-11-23(18-26(24)34(3)29(25)38)12-14-27(36)35-15-7-8-16-35/h4-6,9-11,13,18,25,30,32H,1,7-8,12,14-17,19H2,2-3H3,(H,31,37)/b33-21+/t25-/m0/s1. The number of hydrogen-bond donors (Lipinski definition) is 3. The number of carbonyl (C=O) groups is 3. The maximum absolute atomic E-state index is 13.2. The van der Waals surface area contributed by atoms with Crippen LogP contribution in [0.5, 0.6) is 0 Å². The summed E-state index contributed by atoms with van der Waals surface area (Å²) in [4.78, 5) is 41.9. The molecule has 0 radical (unpaired) electrons. The summed E-state index contributed by atoms with van der Waals surface area (Å²) in [5.74, 6) is -0.493. The number of likely N-dealkylation sites (N-methyl/N-ethyl adjacent to an activating group) is 1. The quantitative estimate of drug-likeness (QED) is 0.351. The molecule has 2 aliphatic heterocycles. The number of allylic oxidation sites excluding steroid dienone is 1. The first-order chi connectivity index (χ1) is 18.3. The largest absolute Gasteiger partial charge is 0.381 e. The molecule has 0 spiro atoms. The molecule has 200 valence electrons. The van der Waals surface area contributed by atoms with Crippen LogP contribution in [0.3, 0.4) is 0 Å². The Hall–Kier alpha value is -4.14. The molecule has 2 aromatic carbocycles. The van der Waals surface area contributed by atoms with E-state index in [0.717, 1.165) is 48.4 Å². The number of anilines is 2. The van der Waals surface area contributed by atoms with Crippen molar-refractivity contribution in [2.24, 2.45) is 5.10 Å². The van der Waals surface area contributed by atoms with Gasteiger partial charge in [-0.05, 0) is 49.4 Å². The van der Waals surface area contributed by atoms with Gasteiger partial charge in [0.05, 0.1) is 11.4 Å². The van der Waals surface area contributed by atoms with Gasteiger partial charge in [0.25, 0.3) is 11.8 Å². The van der Waals surface area contributed by atoms with E-state index in [1.54, 1.807) is 18.9 Å². The van der Waals surface area contributed by atoms with Gasteiger partial charge in [-0.3, -0.25) is 19.8 Å². The fourth-order valence-corrected chi connectivity index (χ4v) is 4.66. The Kier molecular flexibility index (Phi) is 8.78. The minimum Gasteiger partial charge on any atom is -0.381 e. The maximum Gasteiger partial charge on any atom is 0.267 e. The van der Waals surface area contributed by atoms with Crippen molar-refractivity contribution in [3.63, 3.8) is 0 Å². The highest BCUT2D eigenvalue weighted by atomic mass is 16.2. The van der Waals surface area contributed by atoms with Crippen molar-refractivity contribution in [3.05, 3.63) is 71.9 Å². The molecule has 1 atom stereocenters. The zero-order valence-electron chi connectivity index (χ0n) is 22.1. The summed E-state index contributed by atoms with van der Waals surface area (Å²) in [5.41, 5.74) is 7.29. The van der Waals surface area contributed by atoms with E-state index >= 15 is 0 Å². The number of amides is 3. The fourth-order valence-electron chi connectivity index (χ4n) is 4.66. The summed E-state index contributed by atoms with van der Waals surface area (Å²) in [5, 5.41) is 10.2. The molecule has 38 heavy (non-hydrogen) atoms. The van der Waals surface area contributed by atoms with Gasteiger partial charge in [-0.2, -0.15) is 5.10 Å². The van der Waals surface area contributed by atoms with Gasteiger partial charge >= 0.3 is 0 Å². The van der Waals surface area contributed by atoms with Crippen molar-refractivity contribution in [1.29, 1.82) is 0 Å². The SMILES string of the molecule is C=C(Cc1ccccc1)N/N=C(\C)C(=O)N[C@H]1CNc2ccc(CCC(=O)N3CCCC3)cc2N(C)C1=O. The number of hydrazone groups is 1. The van der Waals surface area contributed by atoms with Crippen molar-refractivity contribution in [1.82, 2.24) is 15.6 Å². The van der Waals surface area contributed by atoms with E-state index in [2.05, 4.69) is 27.7 Å². The molecule has 3 N–H and O–H groups in total. The molecule has 0 unspecified atom stereocenters. The van der Waals surface area contributed by atoms with Crippen LogP contribution in [0.4, 0.5) is 11.4 Å². The van der Waals surface area contributed by atoms with Gasteiger partial charge in [0, 0.05) is 45.2 Å². The first kappa shape index (κ1) is 26.9. The third kappa shape index (κ3) is 6.79. The highest BCUT2D eigenvalue weighted by Crippen LogP contribution is 2.30. The van der Waals surface area contributed by atoms with Crippen molar-refractivity contribution in [2.45, 2.75) is 45.1 Å². The van der Waals surface area contributed by atoms with E-state index in [-0.39, 0.29) is 24.1 Å². The molecule has 2 aromatic rings. The second-order valence-electron chi connectivity index (χ2n) is 9.82. The first-order valence-corrected chi connectivity index (χ1v) is 13.1. The minimum atomic E-state index is -0.766. The van der Waals surface area contributed by atoms with Gasteiger partial charge in [-0.15, -0.1) is 0 Å². The molecule has 9 heteroatoms. The Labute approximate surface area is 224 Å².